The molecule has 0 aliphatic carbocycles. The van der Waals surface area contributed by atoms with Gasteiger partial charge in [-0.2, -0.15) is 0 Å². The Morgan fingerprint density at radius 1 is 1.14 bits per heavy atom. The van der Waals surface area contributed by atoms with Gasteiger partial charge in [-0.05, 0) is 42.5 Å². The number of hydrogen-bond donors (Lipinski definition) is 0. The average Bonchev–Trinajstić information content (AvgIpc) is 2.92. The van der Waals surface area contributed by atoms with Gasteiger partial charge in [0.1, 0.15) is 11.5 Å². The number of benzene rings is 2. The third-order valence-electron chi connectivity index (χ3n) is 2.98. The maximum Gasteiger partial charge on any atom is 0.172 e. The summed E-state index contributed by atoms with van der Waals surface area (Å²) in [6, 6.07) is 12.8. The zero-order valence-corrected chi connectivity index (χ0v) is 11.5. The summed E-state index contributed by atoms with van der Waals surface area (Å²) in [5.74, 6) is -0.354. The van der Waals surface area contributed by atoms with E-state index in [4.69, 9.17) is 11.6 Å². The van der Waals surface area contributed by atoms with Gasteiger partial charge in [0.2, 0.25) is 0 Å². The largest absolute Gasteiger partial charge is 0.296 e. The maximum atomic E-state index is 13.1. The van der Waals surface area contributed by atoms with Crippen molar-refractivity contribution in [3.8, 4) is 16.9 Å². The third kappa shape index (κ3) is 2.55. The Morgan fingerprint density at radius 3 is 2.57 bits per heavy atom. The molecule has 0 unspecified atom stereocenters. The molecule has 0 aliphatic heterocycles. The summed E-state index contributed by atoms with van der Waals surface area (Å²) in [5.41, 5.74) is 1.99. The molecule has 1 aromatic heterocycles. The molecule has 21 heavy (non-hydrogen) atoms. The van der Waals surface area contributed by atoms with Crippen LogP contribution in [0.15, 0.2) is 48.5 Å². The van der Waals surface area contributed by atoms with Gasteiger partial charge in [-0.3, -0.25) is 4.79 Å². The Bertz CT molecular complexity index is 799. The van der Waals surface area contributed by atoms with Gasteiger partial charge >= 0.3 is 0 Å². The molecule has 0 spiro atoms. The van der Waals surface area contributed by atoms with Crippen LogP contribution in [0.3, 0.4) is 0 Å². The molecule has 0 aliphatic rings. The number of carbonyl (C=O) groups is 1. The number of nitrogens with zero attached hydrogens (tertiary/aromatic N) is 3. The molecule has 1 heterocycles. The van der Waals surface area contributed by atoms with Crippen molar-refractivity contribution < 1.29 is 9.18 Å². The van der Waals surface area contributed by atoms with Crippen molar-refractivity contribution in [1.82, 2.24) is 15.0 Å². The number of rotatable bonds is 3. The first-order valence-electron chi connectivity index (χ1n) is 6.12. The van der Waals surface area contributed by atoms with Crippen LogP contribution in [0.4, 0.5) is 4.39 Å². The molecule has 4 nitrogen and oxygen atoms in total. The molecule has 0 atom stereocenters. The second-order valence-electron chi connectivity index (χ2n) is 4.34. The van der Waals surface area contributed by atoms with Crippen molar-refractivity contribution in [2.24, 2.45) is 0 Å². The van der Waals surface area contributed by atoms with Crippen LogP contribution in [0.1, 0.15) is 10.5 Å². The summed E-state index contributed by atoms with van der Waals surface area (Å²) in [4.78, 5) is 11.2. The molecular formula is C15H9ClFN3O. The molecule has 2 aromatic carbocycles. The molecule has 0 N–H and O–H groups in total. The Hall–Kier alpha value is -2.53. The molecule has 0 saturated heterocycles. The summed E-state index contributed by atoms with van der Waals surface area (Å²) in [7, 11) is 0. The van der Waals surface area contributed by atoms with E-state index >= 15 is 0 Å². The van der Waals surface area contributed by atoms with Gasteiger partial charge in [-0.25, -0.2) is 9.07 Å². The van der Waals surface area contributed by atoms with E-state index in [1.807, 2.05) is 0 Å². The van der Waals surface area contributed by atoms with E-state index in [0.717, 1.165) is 0 Å². The van der Waals surface area contributed by atoms with E-state index in [9.17, 15) is 9.18 Å². The van der Waals surface area contributed by atoms with Crippen molar-refractivity contribution in [2.45, 2.75) is 0 Å². The molecule has 0 bridgehead atoms. The maximum absolute atomic E-state index is 13.1. The summed E-state index contributed by atoms with van der Waals surface area (Å²) in [6.07, 6.45) is 0.618. The first-order valence-corrected chi connectivity index (χ1v) is 6.49. The van der Waals surface area contributed by atoms with Gasteiger partial charge in [0.15, 0.2) is 12.0 Å². The Kier molecular flexibility index (Phi) is 3.50. The van der Waals surface area contributed by atoms with Crippen LogP contribution < -0.4 is 0 Å². The first-order chi connectivity index (χ1) is 10.2. The van der Waals surface area contributed by atoms with Gasteiger partial charge < -0.3 is 0 Å². The lowest BCUT2D eigenvalue weighted by Gasteiger charge is -2.07. The predicted octanol–water partition coefficient (Wildman–Crippen LogP) is 3.54. The fourth-order valence-corrected chi connectivity index (χ4v) is 2.22. The molecule has 0 saturated carbocycles. The third-order valence-corrected chi connectivity index (χ3v) is 3.21. The molecule has 6 heteroatoms. The zero-order chi connectivity index (χ0) is 14.8. The van der Waals surface area contributed by atoms with Crippen molar-refractivity contribution in [1.29, 1.82) is 0 Å². The van der Waals surface area contributed by atoms with E-state index in [1.54, 1.807) is 36.4 Å². The van der Waals surface area contributed by atoms with Crippen LogP contribution in [0, 0.1) is 5.82 Å². The van der Waals surface area contributed by atoms with Crippen LogP contribution in [0.25, 0.3) is 16.9 Å². The molecule has 0 fully saturated rings. The van der Waals surface area contributed by atoms with Crippen LogP contribution >= 0.6 is 11.6 Å². The van der Waals surface area contributed by atoms with Gasteiger partial charge in [-0.1, -0.05) is 22.9 Å². The van der Waals surface area contributed by atoms with E-state index in [1.165, 1.54) is 16.8 Å². The highest BCUT2D eigenvalue weighted by molar-refractivity contribution is 6.30. The van der Waals surface area contributed by atoms with Crippen molar-refractivity contribution >= 4 is 17.9 Å². The zero-order valence-electron chi connectivity index (χ0n) is 10.7. The highest BCUT2D eigenvalue weighted by Crippen LogP contribution is 2.25. The lowest BCUT2D eigenvalue weighted by molar-refractivity contribution is 0.111. The first kappa shape index (κ1) is 13.5. The summed E-state index contributed by atoms with van der Waals surface area (Å²) in [6.45, 7) is 0. The molecule has 104 valence electrons. The van der Waals surface area contributed by atoms with Crippen LogP contribution in [0.5, 0.6) is 0 Å². The molecule has 0 radical (unpaired) electrons. The van der Waals surface area contributed by atoms with E-state index in [-0.39, 0.29) is 11.5 Å². The van der Waals surface area contributed by atoms with Crippen molar-refractivity contribution in [2.75, 3.05) is 0 Å². The number of aldehydes is 1. The summed E-state index contributed by atoms with van der Waals surface area (Å²) in [5, 5.41) is 8.37. The second-order valence-corrected chi connectivity index (χ2v) is 4.78. The summed E-state index contributed by atoms with van der Waals surface area (Å²) >= 11 is 5.97. The minimum Gasteiger partial charge on any atom is -0.296 e. The Morgan fingerprint density at radius 2 is 1.90 bits per heavy atom. The van der Waals surface area contributed by atoms with E-state index in [2.05, 4.69) is 10.3 Å². The van der Waals surface area contributed by atoms with Crippen molar-refractivity contribution in [3.05, 3.63) is 65.1 Å². The Balaban J connectivity index is 2.21. The van der Waals surface area contributed by atoms with Crippen LogP contribution in [0.2, 0.25) is 5.02 Å². The fourth-order valence-electron chi connectivity index (χ4n) is 2.04. The highest BCUT2D eigenvalue weighted by atomic mass is 35.5. The quantitative estimate of drug-likeness (QED) is 0.695. The minimum absolute atomic E-state index is 0.182. The normalized spacial score (nSPS) is 10.6. The smallest absolute Gasteiger partial charge is 0.172 e. The fraction of sp³-hybridized carbons (Fsp3) is 0. The molecule has 0 amide bonds. The van der Waals surface area contributed by atoms with Gasteiger partial charge in [-0.15, -0.1) is 5.10 Å². The molecule has 3 aromatic rings. The van der Waals surface area contributed by atoms with E-state index < -0.39 is 0 Å². The Labute approximate surface area is 124 Å². The standard InChI is InChI=1S/C15H9ClFN3O/c16-11-2-1-3-13(8-11)20-15(14(9-21)18-19-20)10-4-6-12(17)7-5-10/h1-9H. The van der Waals surface area contributed by atoms with Gasteiger partial charge in [0.25, 0.3) is 0 Å². The number of hydrogen-bond acceptors (Lipinski definition) is 3. The van der Waals surface area contributed by atoms with Gasteiger partial charge in [0, 0.05) is 10.6 Å². The number of halogens is 2. The second kappa shape index (κ2) is 5.46. The molecular weight excluding hydrogens is 293 g/mol. The number of aromatic nitrogens is 3. The minimum atomic E-state index is -0.354. The van der Waals surface area contributed by atoms with E-state index in [0.29, 0.717) is 28.3 Å². The van der Waals surface area contributed by atoms with Crippen LogP contribution in [-0.4, -0.2) is 21.3 Å². The van der Waals surface area contributed by atoms with Crippen molar-refractivity contribution in [3.63, 3.8) is 0 Å². The summed E-state index contributed by atoms with van der Waals surface area (Å²) < 4.78 is 14.6. The predicted molar refractivity (Wildman–Crippen MR) is 77.2 cm³/mol. The van der Waals surface area contributed by atoms with Crippen LogP contribution in [-0.2, 0) is 0 Å². The lowest BCUT2D eigenvalue weighted by atomic mass is 10.1. The SMILES string of the molecule is O=Cc1nnn(-c2cccc(Cl)c2)c1-c1ccc(F)cc1. The average molecular weight is 302 g/mol. The lowest BCUT2D eigenvalue weighted by Crippen LogP contribution is -2.00. The molecule has 3 rings (SSSR count). The topological polar surface area (TPSA) is 47.8 Å². The number of carbonyl (C=O) groups excluding carboxylic acids is 1. The monoisotopic (exact) mass is 301 g/mol. The van der Waals surface area contributed by atoms with Gasteiger partial charge in [0.05, 0.1) is 5.69 Å². The highest BCUT2D eigenvalue weighted by Gasteiger charge is 2.16.